The van der Waals surface area contributed by atoms with Crippen molar-refractivity contribution in [2.75, 3.05) is 41.0 Å². The van der Waals surface area contributed by atoms with Crippen molar-refractivity contribution in [3.8, 4) is 0 Å². The van der Waals surface area contributed by atoms with Crippen LogP contribution in [0.4, 0.5) is 0 Å². The van der Waals surface area contributed by atoms with Crippen molar-refractivity contribution in [3.05, 3.63) is 48.6 Å². The SMILES string of the molecule is CC/C=C\C/C=C\C/C=C\C/C=C\CCC(=O)OC(COCCC(C(=O)[O-])[N+](C)(C)C)COC(=O)CCCCCCCCCC. The summed E-state index contributed by atoms with van der Waals surface area (Å²) in [5.41, 5.74) is 0. The number of esters is 2. The smallest absolute Gasteiger partial charge is 0.306 e. The van der Waals surface area contributed by atoms with Gasteiger partial charge in [0.15, 0.2) is 6.10 Å². The third kappa shape index (κ3) is 27.3. The Kier molecular flexibility index (Phi) is 27.0. The molecular weight excluding hydrogens is 570 g/mol. The molecule has 0 saturated carbocycles. The van der Waals surface area contributed by atoms with Crippen LogP contribution in [0.2, 0.25) is 0 Å². The number of hydrogen-bond acceptors (Lipinski definition) is 7. The molecule has 0 aliphatic carbocycles. The largest absolute Gasteiger partial charge is 0.544 e. The van der Waals surface area contributed by atoms with Crippen LogP contribution in [0.1, 0.15) is 117 Å². The van der Waals surface area contributed by atoms with Crippen LogP contribution in [0.15, 0.2) is 48.6 Å². The molecule has 0 aliphatic rings. The molecule has 45 heavy (non-hydrogen) atoms. The van der Waals surface area contributed by atoms with Gasteiger partial charge in [0.25, 0.3) is 0 Å². The van der Waals surface area contributed by atoms with Gasteiger partial charge in [-0.05, 0) is 38.5 Å². The second kappa shape index (κ2) is 28.7. The summed E-state index contributed by atoms with van der Waals surface area (Å²) in [6, 6.07) is -0.735. The molecule has 0 N–H and O–H groups in total. The van der Waals surface area contributed by atoms with Gasteiger partial charge in [-0.25, -0.2) is 0 Å². The number of carboxylic acid groups (broad SMARTS) is 1. The standard InChI is InChI=1S/C37H63NO7/c1-6-8-10-12-14-16-17-18-19-20-22-24-26-28-36(40)45-33(31-43-30-29-34(37(41)42)38(3,4)5)32-44-35(39)27-25-23-21-15-13-11-9-7-2/h8,10,14,16,18-19,22,24,33-34H,6-7,9,11-13,15,17,20-21,23,25-32H2,1-5H3/b10-8-,16-14-,19-18-,24-22-. The molecule has 2 atom stereocenters. The minimum atomic E-state index is -1.14. The summed E-state index contributed by atoms with van der Waals surface area (Å²) in [5, 5.41) is 11.5. The molecule has 0 radical (unpaired) electrons. The summed E-state index contributed by atoms with van der Waals surface area (Å²) in [5.74, 6) is -1.85. The van der Waals surface area contributed by atoms with Crippen molar-refractivity contribution in [1.82, 2.24) is 0 Å². The number of carbonyl (C=O) groups is 3. The van der Waals surface area contributed by atoms with Crippen molar-refractivity contribution in [3.63, 3.8) is 0 Å². The zero-order valence-electron chi connectivity index (χ0n) is 29.0. The van der Waals surface area contributed by atoms with Gasteiger partial charge in [0, 0.05) is 19.3 Å². The fourth-order valence-electron chi connectivity index (χ4n) is 4.55. The number of aliphatic carboxylic acids is 1. The zero-order valence-corrected chi connectivity index (χ0v) is 29.0. The average molecular weight is 634 g/mol. The number of rotatable bonds is 29. The maximum atomic E-state index is 12.5. The third-order valence-corrected chi connectivity index (χ3v) is 7.24. The number of carbonyl (C=O) groups excluding carboxylic acids is 3. The van der Waals surface area contributed by atoms with E-state index in [1.54, 1.807) is 21.1 Å². The highest BCUT2D eigenvalue weighted by molar-refractivity contribution is 5.70. The Labute approximate surface area is 274 Å². The number of hydrogen-bond donors (Lipinski definition) is 0. The molecule has 0 spiro atoms. The first-order valence-corrected chi connectivity index (χ1v) is 17.2. The van der Waals surface area contributed by atoms with Crippen LogP contribution in [0.3, 0.4) is 0 Å². The Hall–Kier alpha value is -2.71. The van der Waals surface area contributed by atoms with Crippen molar-refractivity contribution >= 4 is 17.9 Å². The van der Waals surface area contributed by atoms with E-state index in [1.807, 2.05) is 12.2 Å². The first-order chi connectivity index (χ1) is 21.6. The summed E-state index contributed by atoms with van der Waals surface area (Å²) >= 11 is 0. The van der Waals surface area contributed by atoms with Gasteiger partial charge in [0.2, 0.25) is 0 Å². The van der Waals surface area contributed by atoms with Crippen LogP contribution in [-0.4, -0.2) is 75.5 Å². The Morgan fingerprint density at radius 1 is 0.689 bits per heavy atom. The molecule has 0 rings (SSSR count). The van der Waals surface area contributed by atoms with Crippen LogP contribution in [0, 0.1) is 0 Å². The predicted molar refractivity (Wildman–Crippen MR) is 180 cm³/mol. The molecular formula is C37H63NO7. The van der Waals surface area contributed by atoms with Gasteiger partial charge in [-0.15, -0.1) is 0 Å². The lowest BCUT2D eigenvalue weighted by atomic mass is 10.1. The van der Waals surface area contributed by atoms with Crippen molar-refractivity contribution < 1.29 is 38.2 Å². The quantitative estimate of drug-likeness (QED) is 0.0387. The Morgan fingerprint density at radius 2 is 1.24 bits per heavy atom. The molecule has 0 bridgehead atoms. The third-order valence-electron chi connectivity index (χ3n) is 7.24. The molecule has 0 fully saturated rings. The zero-order chi connectivity index (χ0) is 33.6. The van der Waals surface area contributed by atoms with E-state index >= 15 is 0 Å². The van der Waals surface area contributed by atoms with Gasteiger partial charge in [0.05, 0.1) is 40.3 Å². The van der Waals surface area contributed by atoms with Gasteiger partial charge in [0.1, 0.15) is 12.6 Å². The lowest BCUT2D eigenvalue weighted by Crippen LogP contribution is -2.55. The van der Waals surface area contributed by atoms with E-state index in [1.165, 1.54) is 32.1 Å². The topological polar surface area (TPSA) is 102 Å². The van der Waals surface area contributed by atoms with Gasteiger partial charge in [-0.3, -0.25) is 9.59 Å². The van der Waals surface area contributed by atoms with Gasteiger partial charge >= 0.3 is 11.9 Å². The Morgan fingerprint density at radius 3 is 1.80 bits per heavy atom. The van der Waals surface area contributed by atoms with E-state index in [-0.39, 0.29) is 43.1 Å². The van der Waals surface area contributed by atoms with E-state index in [4.69, 9.17) is 14.2 Å². The number of carboxylic acids is 1. The average Bonchev–Trinajstić information content (AvgIpc) is 2.98. The molecule has 0 saturated heterocycles. The monoisotopic (exact) mass is 633 g/mol. The number of allylic oxidation sites excluding steroid dienone is 8. The van der Waals surface area contributed by atoms with Crippen LogP contribution >= 0.6 is 0 Å². The number of ether oxygens (including phenoxy) is 3. The lowest BCUT2D eigenvalue weighted by molar-refractivity contribution is -0.889. The van der Waals surface area contributed by atoms with Crippen LogP contribution in [0.5, 0.6) is 0 Å². The van der Waals surface area contributed by atoms with Crippen molar-refractivity contribution in [1.29, 1.82) is 0 Å². The molecule has 8 heteroatoms. The van der Waals surface area contributed by atoms with Gasteiger partial charge < -0.3 is 28.6 Å². The summed E-state index contributed by atoms with van der Waals surface area (Å²) in [6.45, 7) is 4.40. The minimum Gasteiger partial charge on any atom is -0.544 e. The summed E-state index contributed by atoms with van der Waals surface area (Å²) in [7, 11) is 5.36. The maximum Gasteiger partial charge on any atom is 0.306 e. The second-order valence-corrected chi connectivity index (χ2v) is 12.4. The number of quaternary nitrogens is 1. The number of likely N-dealkylation sites (N-methyl/N-ethyl adjacent to an activating group) is 1. The fourth-order valence-corrected chi connectivity index (χ4v) is 4.55. The highest BCUT2D eigenvalue weighted by Crippen LogP contribution is 2.11. The molecule has 0 heterocycles. The molecule has 8 nitrogen and oxygen atoms in total. The summed E-state index contributed by atoms with van der Waals surface area (Å²) in [4.78, 5) is 36.4. The van der Waals surface area contributed by atoms with E-state index in [0.717, 1.165) is 44.9 Å². The fraction of sp³-hybridized carbons (Fsp3) is 0.703. The first kappa shape index (κ1) is 42.3. The summed E-state index contributed by atoms with van der Waals surface area (Å²) in [6.07, 6.45) is 30.2. The molecule has 258 valence electrons. The van der Waals surface area contributed by atoms with Gasteiger partial charge in [-0.1, -0.05) is 107 Å². The van der Waals surface area contributed by atoms with Crippen molar-refractivity contribution in [2.24, 2.45) is 0 Å². The second-order valence-electron chi connectivity index (χ2n) is 12.4. The van der Waals surface area contributed by atoms with Gasteiger partial charge in [-0.2, -0.15) is 0 Å². The minimum absolute atomic E-state index is 0.0116. The predicted octanol–water partition coefficient (Wildman–Crippen LogP) is 6.79. The Bertz CT molecular complexity index is 886. The van der Waals surface area contributed by atoms with Crippen molar-refractivity contribution in [2.45, 2.75) is 129 Å². The van der Waals surface area contributed by atoms with Crippen LogP contribution in [0.25, 0.3) is 0 Å². The molecule has 0 aliphatic heterocycles. The molecule has 2 unspecified atom stereocenters. The number of nitrogens with zero attached hydrogens (tertiary/aromatic N) is 1. The van der Waals surface area contributed by atoms with E-state index in [2.05, 4.69) is 50.3 Å². The lowest BCUT2D eigenvalue weighted by Gasteiger charge is -2.34. The summed E-state index contributed by atoms with van der Waals surface area (Å²) < 4.78 is 16.9. The van der Waals surface area contributed by atoms with E-state index in [0.29, 0.717) is 12.8 Å². The molecule has 0 aromatic rings. The molecule has 0 aromatic heterocycles. The van der Waals surface area contributed by atoms with E-state index in [9.17, 15) is 19.5 Å². The van der Waals surface area contributed by atoms with Crippen LogP contribution in [-0.2, 0) is 28.6 Å². The number of unbranched alkanes of at least 4 members (excludes halogenated alkanes) is 7. The van der Waals surface area contributed by atoms with E-state index < -0.39 is 24.1 Å². The van der Waals surface area contributed by atoms with Crippen LogP contribution < -0.4 is 5.11 Å². The normalized spacial score (nSPS) is 13.7. The maximum absolute atomic E-state index is 12.5. The molecule has 0 aromatic carbocycles. The first-order valence-electron chi connectivity index (χ1n) is 17.2. The highest BCUT2D eigenvalue weighted by atomic mass is 16.6. The molecule has 0 amide bonds. The highest BCUT2D eigenvalue weighted by Gasteiger charge is 2.25. The Balaban J connectivity index is 4.61.